The molecule has 0 N–H and O–H groups in total. The molecule has 0 saturated carbocycles. The predicted molar refractivity (Wildman–Crippen MR) is 97.4 cm³/mol. The Morgan fingerprint density at radius 2 is 1.67 bits per heavy atom. The van der Waals surface area contributed by atoms with Crippen LogP contribution in [0.1, 0.15) is 0 Å². The lowest BCUT2D eigenvalue weighted by molar-refractivity contribution is -0.384. The molecule has 9 nitrogen and oxygen atoms in total. The Balaban J connectivity index is 2.16. The molecule has 0 atom stereocenters. The average Bonchev–Trinajstić information content (AvgIpc) is 2.69. The summed E-state index contributed by atoms with van der Waals surface area (Å²) in [6.45, 7) is 0. The highest BCUT2D eigenvalue weighted by Gasteiger charge is 2.18. The van der Waals surface area contributed by atoms with Crippen molar-refractivity contribution in [2.24, 2.45) is 0 Å². The van der Waals surface area contributed by atoms with Crippen LogP contribution in [-0.2, 0) is 0 Å². The fraction of sp³-hybridized carbons (Fsp3) is 0. The van der Waals surface area contributed by atoms with E-state index in [2.05, 4.69) is 9.97 Å². The van der Waals surface area contributed by atoms with Crippen LogP contribution >= 0.6 is 0 Å². The first-order valence-electron chi connectivity index (χ1n) is 7.86. The van der Waals surface area contributed by atoms with Gasteiger partial charge in [0.25, 0.3) is 11.2 Å². The van der Waals surface area contributed by atoms with E-state index in [-0.39, 0.29) is 22.4 Å². The van der Waals surface area contributed by atoms with Crippen LogP contribution in [0.4, 0.5) is 5.69 Å². The zero-order chi connectivity index (χ0) is 19.0. The molecule has 0 amide bonds. The van der Waals surface area contributed by atoms with E-state index in [1.165, 1.54) is 41.4 Å². The zero-order valence-electron chi connectivity index (χ0n) is 13.7. The maximum absolute atomic E-state index is 13.2. The summed E-state index contributed by atoms with van der Waals surface area (Å²) in [5, 5.41) is 11.2. The molecular weight excluding hydrogens is 350 g/mol. The molecule has 0 aliphatic heterocycles. The van der Waals surface area contributed by atoms with Gasteiger partial charge in [-0.3, -0.25) is 14.9 Å². The number of para-hydroxylation sites is 1. The van der Waals surface area contributed by atoms with Crippen molar-refractivity contribution in [3.8, 4) is 11.4 Å². The number of rotatable bonds is 3. The molecule has 4 rings (SSSR count). The van der Waals surface area contributed by atoms with Crippen LogP contribution in [0, 0.1) is 10.1 Å². The molecular formula is C18H11N5O4. The van der Waals surface area contributed by atoms with Crippen molar-refractivity contribution in [2.45, 2.75) is 0 Å². The van der Waals surface area contributed by atoms with Crippen molar-refractivity contribution in [3.05, 3.63) is 98.1 Å². The first kappa shape index (κ1) is 16.3. The molecule has 0 aliphatic rings. The van der Waals surface area contributed by atoms with Crippen molar-refractivity contribution < 1.29 is 4.92 Å². The highest BCUT2D eigenvalue weighted by Crippen LogP contribution is 2.18. The van der Waals surface area contributed by atoms with E-state index in [1.807, 2.05) is 0 Å². The number of nitrogens with zero attached hydrogens (tertiary/aromatic N) is 5. The zero-order valence-corrected chi connectivity index (χ0v) is 13.7. The van der Waals surface area contributed by atoms with Crippen LogP contribution < -0.4 is 11.2 Å². The standard InChI is InChI=1S/C18H11N5O4/c24-17-15-10-19-11-20-16(15)21(13-7-4-8-14(9-13)23(26)27)18(25)22(17)12-5-2-1-3-6-12/h1-11H. The minimum atomic E-state index is -0.683. The highest BCUT2D eigenvalue weighted by atomic mass is 16.6. The van der Waals surface area contributed by atoms with E-state index in [9.17, 15) is 19.7 Å². The van der Waals surface area contributed by atoms with Gasteiger partial charge >= 0.3 is 5.69 Å². The maximum atomic E-state index is 13.2. The Labute approximate surface area is 151 Å². The van der Waals surface area contributed by atoms with Crippen molar-refractivity contribution in [2.75, 3.05) is 0 Å². The first-order chi connectivity index (χ1) is 13.1. The van der Waals surface area contributed by atoms with Crippen molar-refractivity contribution in [1.29, 1.82) is 0 Å². The molecule has 2 aromatic carbocycles. The molecule has 2 heterocycles. The Morgan fingerprint density at radius 1 is 0.926 bits per heavy atom. The van der Waals surface area contributed by atoms with E-state index >= 15 is 0 Å². The summed E-state index contributed by atoms with van der Waals surface area (Å²) in [6.07, 6.45) is 2.53. The Hall–Kier alpha value is -4.14. The molecule has 132 valence electrons. The van der Waals surface area contributed by atoms with Crippen molar-refractivity contribution in [1.82, 2.24) is 19.1 Å². The van der Waals surface area contributed by atoms with Gasteiger partial charge in [-0.1, -0.05) is 24.3 Å². The van der Waals surface area contributed by atoms with Gasteiger partial charge in [0.05, 0.1) is 16.3 Å². The van der Waals surface area contributed by atoms with Gasteiger partial charge in [-0.2, -0.15) is 0 Å². The fourth-order valence-electron chi connectivity index (χ4n) is 2.83. The second-order valence-corrected chi connectivity index (χ2v) is 5.63. The van der Waals surface area contributed by atoms with Crippen molar-refractivity contribution in [3.63, 3.8) is 0 Å². The van der Waals surface area contributed by atoms with Crippen LogP contribution in [-0.4, -0.2) is 24.0 Å². The van der Waals surface area contributed by atoms with Gasteiger partial charge in [-0.25, -0.2) is 23.9 Å². The molecule has 0 saturated heterocycles. The summed E-state index contributed by atoms with van der Waals surface area (Å²) in [5.74, 6) is 0. The van der Waals surface area contributed by atoms with Gasteiger partial charge in [-0.05, 0) is 18.2 Å². The van der Waals surface area contributed by atoms with E-state index in [1.54, 1.807) is 30.3 Å². The van der Waals surface area contributed by atoms with Gasteiger partial charge in [0.15, 0.2) is 5.65 Å². The smallest absolute Gasteiger partial charge is 0.268 e. The third-order valence-corrected chi connectivity index (χ3v) is 4.03. The maximum Gasteiger partial charge on any atom is 0.341 e. The predicted octanol–water partition coefficient (Wildman–Crippen LogP) is 1.84. The average molecular weight is 361 g/mol. The third-order valence-electron chi connectivity index (χ3n) is 4.03. The van der Waals surface area contributed by atoms with Crippen LogP contribution in [0.25, 0.3) is 22.4 Å². The monoisotopic (exact) mass is 361 g/mol. The number of hydrogen-bond donors (Lipinski definition) is 0. The topological polar surface area (TPSA) is 113 Å². The van der Waals surface area contributed by atoms with Crippen LogP contribution in [0.15, 0.2) is 76.7 Å². The summed E-state index contributed by atoms with van der Waals surface area (Å²) < 4.78 is 2.16. The lowest BCUT2D eigenvalue weighted by atomic mass is 10.2. The number of non-ortho nitro benzene ring substituents is 1. The molecule has 0 radical (unpaired) electrons. The highest BCUT2D eigenvalue weighted by molar-refractivity contribution is 5.75. The minimum absolute atomic E-state index is 0.0766. The molecule has 0 bridgehead atoms. The van der Waals surface area contributed by atoms with E-state index in [4.69, 9.17) is 0 Å². The molecule has 2 aromatic heterocycles. The number of aromatic nitrogens is 4. The second-order valence-electron chi connectivity index (χ2n) is 5.63. The molecule has 27 heavy (non-hydrogen) atoms. The lowest BCUT2D eigenvalue weighted by Crippen LogP contribution is -2.38. The van der Waals surface area contributed by atoms with E-state index in [0.717, 1.165) is 4.57 Å². The summed E-state index contributed by atoms with van der Waals surface area (Å²) >= 11 is 0. The quantitative estimate of drug-likeness (QED) is 0.406. The molecule has 0 unspecified atom stereocenters. The summed E-state index contributed by atoms with van der Waals surface area (Å²) in [7, 11) is 0. The number of fused-ring (bicyclic) bond motifs is 1. The molecule has 0 aliphatic carbocycles. The molecule has 9 heteroatoms. The number of nitro groups is 1. The fourth-order valence-corrected chi connectivity index (χ4v) is 2.83. The molecule has 0 fully saturated rings. The summed E-state index contributed by atoms with van der Waals surface area (Å²) in [6, 6.07) is 14.0. The van der Waals surface area contributed by atoms with Gasteiger partial charge < -0.3 is 0 Å². The summed E-state index contributed by atoms with van der Waals surface area (Å²) in [5.41, 5.74) is -0.756. The van der Waals surface area contributed by atoms with Gasteiger partial charge in [-0.15, -0.1) is 0 Å². The van der Waals surface area contributed by atoms with Crippen LogP contribution in [0.2, 0.25) is 0 Å². The second kappa shape index (κ2) is 6.30. The van der Waals surface area contributed by atoms with Crippen molar-refractivity contribution >= 4 is 16.7 Å². The number of nitro benzene ring substituents is 1. The lowest BCUT2D eigenvalue weighted by Gasteiger charge is -2.13. The van der Waals surface area contributed by atoms with E-state index < -0.39 is 16.2 Å². The first-order valence-corrected chi connectivity index (χ1v) is 7.86. The third kappa shape index (κ3) is 2.67. The van der Waals surface area contributed by atoms with Gasteiger partial charge in [0, 0.05) is 18.3 Å². The Bertz CT molecular complexity index is 1290. The van der Waals surface area contributed by atoms with Gasteiger partial charge in [0.2, 0.25) is 0 Å². The minimum Gasteiger partial charge on any atom is -0.268 e. The Kier molecular flexibility index (Phi) is 3.81. The molecule has 0 spiro atoms. The summed E-state index contributed by atoms with van der Waals surface area (Å²) in [4.78, 5) is 44.5. The SMILES string of the molecule is O=c1c2cncnc2n(-c2cccc([N+](=O)[O-])c2)c(=O)n1-c1ccccc1. The van der Waals surface area contributed by atoms with Gasteiger partial charge in [0.1, 0.15) is 11.7 Å². The number of hydrogen-bond acceptors (Lipinski definition) is 6. The van der Waals surface area contributed by atoms with Crippen LogP contribution in [0.3, 0.4) is 0 Å². The number of benzene rings is 2. The normalized spacial score (nSPS) is 10.8. The largest absolute Gasteiger partial charge is 0.341 e. The van der Waals surface area contributed by atoms with E-state index in [0.29, 0.717) is 5.69 Å². The molecule has 4 aromatic rings. The Morgan fingerprint density at radius 3 is 2.41 bits per heavy atom. The van der Waals surface area contributed by atoms with Crippen LogP contribution in [0.5, 0.6) is 0 Å².